The van der Waals surface area contributed by atoms with Gasteiger partial charge in [-0.3, -0.25) is 4.90 Å². The number of nitrogens with two attached hydrogens (primary N) is 1. The van der Waals surface area contributed by atoms with Crippen LogP contribution in [0, 0.1) is 0 Å². The van der Waals surface area contributed by atoms with Crippen LogP contribution < -0.4 is 5.73 Å². The number of nitrogens with zero attached hydrogens (tertiary/aromatic N) is 1. The monoisotopic (exact) mass is 238 g/mol. The normalized spacial score (nSPS) is 34.1. The third kappa shape index (κ3) is 2.02. The predicted octanol–water partition coefficient (Wildman–Crippen LogP) is -0.662. The van der Waals surface area contributed by atoms with Crippen molar-refractivity contribution in [2.75, 3.05) is 19.4 Å². The quantitative estimate of drug-likeness (QED) is 0.513. The molecule has 0 radical (unpaired) electrons. The van der Waals surface area contributed by atoms with Gasteiger partial charge in [-0.1, -0.05) is 12.1 Å². The van der Waals surface area contributed by atoms with Gasteiger partial charge in [0.15, 0.2) is 0 Å². The van der Waals surface area contributed by atoms with E-state index < -0.39 is 18.2 Å². The van der Waals surface area contributed by atoms with Gasteiger partial charge in [0.05, 0.1) is 24.8 Å². The van der Waals surface area contributed by atoms with Gasteiger partial charge in [-0.2, -0.15) is 0 Å². The standard InChI is InChI=1S/C12H18N2O3/c1-14-9(6-15)11(16)12(17)10(14)7-2-4-8(13)5-3-7/h2-5,9-12,15-17H,6,13H2,1H3/t9-,10+,11-,12+/m1/s1. The predicted molar refractivity (Wildman–Crippen MR) is 64.2 cm³/mol. The van der Waals surface area contributed by atoms with Gasteiger partial charge in [-0.25, -0.2) is 0 Å². The van der Waals surface area contributed by atoms with Gasteiger partial charge in [-0.15, -0.1) is 0 Å². The molecule has 0 aliphatic carbocycles. The molecule has 0 amide bonds. The van der Waals surface area contributed by atoms with Crippen LogP contribution in [-0.4, -0.2) is 52.1 Å². The molecule has 17 heavy (non-hydrogen) atoms. The average Bonchev–Trinajstić information content (AvgIpc) is 2.52. The molecule has 0 spiro atoms. The first kappa shape index (κ1) is 12.3. The molecule has 1 aromatic rings. The largest absolute Gasteiger partial charge is 0.399 e. The average molecular weight is 238 g/mol. The number of hydrogen-bond donors (Lipinski definition) is 4. The lowest BCUT2D eigenvalue weighted by atomic mass is 10.0. The molecule has 0 saturated carbocycles. The van der Waals surface area contributed by atoms with E-state index in [0.717, 1.165) is 5.56 Å². The molecule has 1 saturated heterocycles. The van der Waals surface area contributed by atoms with Crippen LogP contribution in [0.5, 0.6) is 0 Å². The minimum atomic E-state index is -0.937. The number of benzene rings is 1. The van der Waals surface area contributed by atoms with E-state index in [1.54, 1.807) is 24.1 Å². The number of likely N-dealkylation sites (N-methyl/N-ethyl adjacent to an activating group) is 1. The first-order chi connectivity index (χ1) is 8.06. The van der Waals surface area contributed by atoms with Crippen molar-refractivity contribution >= 4 is 5.69 Å². The van der Waals surface area contributed by atoms with Gasteiger partial charge in [-0.05, 0) is 24.7 Å². The van der Waals surface area contributed by atoms with Crippen molar-refractivity contribution in [1.29, 1.82) is 0 Å². The maximum Gasteiger partial charge on any atom is 0.101 e. The lowest BCUT2D eigenvalue weighted by Gasteiger charge is -2.25. The second kappa shape index (κ2) is 4.62. The number of anilines is 1. The van der Waals surface area contributed by atoms with Crippen molar-refractivity contribution < 1.29 is 15.3 Å². The van der Waals surface area contributed by atoms with Crippen LogP contribution in [0.1, 0.15) is 11.6 Å². The zero-order valence-corrected chi connectivity index (χ0v) is 9.69. The van der Waals surface area contributed by atoms with Crippen LogP contribution in [0.4, 0.5) is 5.69 Å². The third-order valence-electron chi connectivity index (χ3n) is 3.49. The Hall–Kier alpha value is -1.14. The highest BCUT2D eigenvalue weighted by Crippen LogP contribution is 2.35. The Morgan fingerprint density at radius 3 is 2.24 bits per heavy atom. The molecule has 94 valence electrons. The number of aliphatic hydroxyl groups is 3. The SMILES string of the molecule is CN1[C@H](CO)[C@@H](O)[C@@H](O)[C@@H]1c1ccc(N)cc1. The molecule has 2 rings (SSSR count). The second-order valence-electron chi connectivity index (χ2n) is 4.51. The Balaban J connectivity index is 2.29. The third-order valence-corrected chi connectivity index (χ3v) is 3.49. The lowest BCUT2D eigenvalue weighted by Crippen LogP contribution is -2.37. The Morgan fingerprint density at radius 1 is 1.18 bits per heavy atom. The molecule has 5 heteroatoms. The molecule has 1 heterocycles. The van der Waals surface area contributed by atoms with Crippen LogP contribution >= 0.6 is 0 Å². The molecule has 1 aromatic carbocycles. The van der Waals surface area contributed by atoms with Gasteiger partial charge in [0.25, 0.3) is 0 Å². The van der Waals surface area contributed by atoms with Crippen LogP contribution in [-0.2, 0) is 0 Å². The fourth-order valence-corrected chi connectivity index (χ4v) is 2.46. The molecule has 1 fully saturated rings. The summed E-state index contributed by atoms with van der Waals surface area (Å²) < 4.78 is 0. The highest BCUT2D eigenvalue weighted by Gasteiger charge is 2.45. The summed E-state index contributed by atoms with van der Waals surface area (Å²) in [5.41, 5.74) is 7.14. The van der Waals surface area contributed by atoms with E-state index in [1.165, 1.54) is 0 Å². The van der Waals surface area contributed by atoms with Crippen molar-refractivity contribution in [1.82, 2.24) is 4.90 Å². The van der Waals surface area contributed by atoms with E-state index in [2.05, 4.69) is 0 Å². The Bertz CT molecular complexity index is 382. The molecule has 1 aliphatic rings. The Kier molecular flexibility index (Phi) is 3.35. The fraction of sp³-hybridized carbons (Fsp3) is 0.500. The van der Waals surface area contributed by atoms with E-state index in [1.807, 2.05) is 12.1 Å². The highest BCUT2D eigenvalue weighted by atomic mass is 16.3. The minimum absolute atomic E-state index is 0.180. The lowest BCUT2D eigenvalue weighted by molar-refractivity contribution is 0.0184. The topological polar surface area (TPSA) is 90.0 Å². The number of aliphatic hydroxyl groups excluding tert-OH is 3. The van der Waals surface area contributed by atoms with Crippen LogP contribution in [0.2, 0.25) is 0 Å². The molecule has 5 nitrogen and oxygen atoms in total. The molecule has 0 unspecified atom stereocenters. The maximum absolute atomic E-state index is 10.0. The zero-order chi connectivity index (χ0) is 12.6. The van der Waals surface area contributed by atoms with Crippen molar-refractivity contribution in [2.45, 2.75) is 24.3 Å². The van der Waals surface area contributed by atoms with E-state index in [4.69, 9.17) is 5.73 Å². The molecule has 4 atom stereocenters. The van der Waals surface area contributed by atoms with E-state index in [-0.39, 0.29) is 12.6 Å². The molecular weight excluding hydrogens is 220 g/mol. The van der Waals surface area contributed by atoms with E-state index in [9.17, 15) is 15.3 Å². The second-order valence-corrected chi connectivity index (χ2v) is 4.51. The van der Waals surface area contributed by atoms with Crippen molar-refractivity contribution in [2.24, 2.45) is 0 Å². The van der Waals surface area contributed by atoms with Crippen molar-refractivity contribution in [3.8, 4) is 0 Å². The van der Waals surface area contributed by atoms with Gasteiger partial charge in [0, 0.05) is 5.69 Å². The molecule has 5 N–H and O–H groups in total. The highest BCUT2D eigenvalue weighted by molar-refractivity contribution is 5.40. The van der Waals surface area contributed by atoms with Gasteiger partial charge in [0.1, 0.15) is 6.10 Å². The zero-order valence-electron chi connectivity index (χ0n) is 9.69. The van der Waals surface area contributed by atoms with Crippen molar-refractivity contribution in [3.05, 3.63) is 29.8 Å². The van der Waals surface area contributed by atoms with Gasteiger partial charge in [0.2, 0.25) is 0 Å². The van der Waals surface area contributed by atoms with Crippen LogP contribution in [0.3, 0.4) is 0 Å². The first-order valence-corrected chi connectivity index (χ1v) is 5.60. The summed E-state index contributed by atoms with van der Waals surface area (Å²) in [5, 5.41) is 29.1. The maximum atomic E-state index is 10.0. The van der Waals surface area contributed by atoms with Gasteiger partial charge < -0.3 is 21.1 Å². The Morgan fingerprint density at radius 2 is 1.76 bits per heavy atom. The van der Waals surface area contributed by atoms with Crippen molar-refractivity contribution in [3.63, 3.8) is 0 Å². The number of likely N-dealkylation sites (tertiary alicyclic amines) is 1. The molecule has 0 aromatic heterocycles. The molecule has 0 bridgehead atoms. The summed E-state index contributed by atoms with van der Waals surface area (Å²) >= 11 is 0. The summed E-state index contributed by atoms with van der Waals surface area (Å²) in [6.45, 7) is -0.180. The Labute approximate surface area is 100 Å². The number of rotatable bonds is 2. The summed E-state index contributed by atoms with van der Waals surface area (Å²) in [6, 6.07) is 6.41. The summed E-state index contributed by atoms with van der Waals surface area (Å²) in [6.07, 6.45) is -1.84. The fourth-order valence-electron chi connectivity index (χ4n) is 2.46. The first-order valence-electron chi connectivity index (χ1n) is 5.60. The summed E-state index contributed by atoms with van der Waals surface area (Å²) in [7, 11) is 1.78. The number of hydrogen-bond acceptors (Lipinski definition) is 5. The minimum Gasteiger partial charge on any atom is -0.399 e. The van der Waals surface area contributed by atoms with Gasteiger partial charge >= 0.3 is 0 Å². The number of nitrogen functional groups attached to an aromatic ring is 1. The van der Waals surface area contributed by atoms with E-state index >= 15 is 0 Å². The smallest absolute Gasteiger partial charge is 0.101 e. The van der Waals surface area contributed by atoms with Crippen LogP contribution in [0.15, 0.2) is 24.3 Å². The summed E-state index contributed by atoms with van der Waals surface area (Å²) in [4.78, 5) is 1.79. The van der Waals surface area contributed by atoms with E-state index in [0.29, 0.717) is 5.69 Å². The van der Waals surface area contributed by atoms with Crippen LogP contribution in [0.25, 0.3) is 0 Å². The molecular formula is C12H18N2O3. The molecule has 1 aliphatic heterocycles. The summed E-state index contributed by atoms with van der Waals surface area (Å²) in [5.74, 6) is 0.